The van der Waals surface area contributed by atoms with Crippen molar-refractivity contribution < 1.29 is 4.42 Å². The second-order valence-corrected chi connectivity index (χ2v) is 12.6. The van der Waals surface area contributed by atoms with E-state index >= 15 is 0 Å². The van der Waals surface area contributed by atoms with Gasteiger partial charge in [0.15, 0.2) is 0 Å². The highest BCUT2D eigenvalue weighted by Gasteiger charge is 2.20. The summed E-state index contributed by atoms with van der Waals surface area (Å²) in [5, 5.41) is 3.15. The molecule has 9 aromatic rings. The van der Waals surface area contributed by atoms with Crippen molar-refractivity contribution in [1.29, 1.82) is 0 Å². The first kappa shape index (κ1) is 27.3. The van der Waals surface area contributed by atoms with Crippen LogP contribution in [0.4, 0.5) is 17.1 Å². The summed E-state index contributed by atoms with van der Waals surface area (Å²) in [5.74, 6) is 0. The van der Waals surface area contributed by atoms with E-state index in [0.717, 1.165) is 65.4 Å². The molecule has 2 aromatic heterocycles. The number of rotatable bonds is 6. The van der Waals surface area contributed by atoms with Crippen molar-refractivity contribution in [2.24, 2.45) is 0 Å². The van der Waals surface area contributed by atoms with Crippen LogP contribution in [0.15, 0.2) is 174 Å². The van der Waals surface area contributed by atoms with Crippen LogP contribution in [0.3, 0.4) is 0 Å². The molecule has 9 rings (SSSR count). The van der Waals surface area contributed by atoms with Gasteiger partial charge in [-0.05, 0) is 59.2 Å². The molecule has 0 aliphatic rings. The molecule has 0 amide bonds. The van der Waals surface area contributed by atoms with Crippen LogP contribution in [0.5, 0.6) is 0 Å². The van der Waals surface area contributed by atoms with E-state index in [9.17, 15) is 0 Å². The van der Waals surface area contributed by atoms with E-state index in [4.69, 9.17) is 9.40 Å². The van der Waals surface area contributed by atoms with Gasteiger partial charge in [0.05, 0.1) is 15.9 Å². The molecule has 4 heteroatoms. The number of benzene rings is 7. The van der Waals surface area contributed by atoms with Crippen molar-refractivity contribution in [1.82, 2.24) is 4.98 Å². The summed E-state index contributed by atoms with van der Waals surface area (Å²) in [4.78, 5) is 7.37. The van der Waals surface area contributed by atoms with Crippen molar-refractivity contribution in [3.63, 3.8) is 0 Å². The maximum Gasteiger partial charge on any atom is 0.136 e. The third-order valence-corrected chi connectivity index (χ3v) is 9.77. The van der Waals surface area contributed by atoms with Crippen molar-refractivity contribution in [2.45, 2.75) is 0 Å². The Morgan fingerprint density at radius 2 is 1.06 bits per heavy atom. The molecule has 0 N–H and O–H groups in total. The van der Waals surface area contributed by atoms with Gasteiger partial charge in [0, 0.05) is 39.3 Å². The van der Waals surface area contributed by atoms with Gasteiger partial charge in [-0.25, -0.2) is 4.98 Å². The highest BCUT2D eigenvalue weighted by Crippen LogP contribution is 2.44. The molecule has 0 bridgehead atoms. The van der Waals surface area contributed by atoms with Crippen LogP contribution in [0.25, 0.3) is 65.0 Å². The zero-order chi connectivity index (χ0) is 31.2. The number of thiazole rings is 1. The highest BCUT2D eigenvalue weighted by atomic mass is 32.1. The van der Waals surface area contributed by atoms with Gasteiger partial charge in [-0.1, -0.05) is 121 Å². The third-order valence-electron chi connectivity index (χ3n) is 8.70. The van der Waals surface area contributed by atoms with Crippen LogP contribution in [0.2, 0.25) is 0 Å². The lowest BCUT2D eigenvalue weighted by Crippen LogP contribution is -2.11. The molecule has 0 spiro atoms. The Hall–Kier alpha value is -5.97. The first-order chi connectivity index (χ1) is 23.3. The second-order valence-electron chi connectivity index (χ2n) is 11.6. The Morgan fingerprint density at radius 1 is 0.468 bits per heavy atom. The number of furan rings is 1. The SMILES string of the molecule is c1ccc(-c2ccc(N(c3ccc4oc5cc6sc(-c7ccccc7)nc6cc5c4c3)c3ccccc3-c3ccccc3)cc2)cc1. The standard InChI is InChI=1S/C43H28N2OS/c1-4-12-29(13-5-1)30-20-22-33(23-21-30)45(39-19-11-10-18-35(39)31-14-6-2-7-15-31)34-24-25-40-36(26-34)37-27-38-42(28-41(37)46-40)47-43(44-38)32-16-8-3-9-17-32/h1-28H. The lowest BCUT2D eigenvalue weighted by Gasteiger charge is -2.28. The number of fused-ring (bicyclic) bond motifs is 4. The van der Waals surface area contributed by atoms with Crippen LogP contribution in [-0.2, 0) is 0 Å². The van der Waals surface area contributed by atoms with Crippen LogP contribution in [0, 0.1) is 0 Å². The van der Waals surface area contributed by atoms with Crippen LogP contribution in [-0.4, -0.2) is 4.98 Å². The topological polar surface area (TPSA) is 29.3 Å². The molecular weight excluding hydrogens is 593 g/mol. The second kappa shape index (κ2) is 11.4. The highest BCUT2D eigenvalue weighted by molar-refractivity contribution is 7.21. The van der Waals surface area contributed by atoms with E-state index in [0.29, 0.717) is 0 Å². The zero-order valence-corrected chi connectivity index (χ0v) is 26.2. The van der Waals surface area contributed by atoms with Crippen LogP contribution >= 0.6 is 11.3 Å². The smallest absolute Gasteiger partial charge is 0.136 e. The van der Waals surface area contributed by atoms with E-state index in [1.54, 1.807) is 11.3 Å². The Bertz CT molecular complexity index is 2500. The van der Waals surface area contributed by atoms with Gasteiger partial charge < -0.3 is 9.32 Å². The fraction of sp³-hybridized carbons (Fsp3) is 0. The first-order valence-corrected chi connectivity index (χ1v) is 16.5. The number of aromatic nitrogens is 1. The van der Waals surface area contributed by atoms with Gasteiger partial charge in [-0.2, -0.15) is 0 Å². The fourth-order valence-corrected chi connectivity index (χ4v) is 7.40. The summed E-state index contributed by atoms with van der Waals surface area (Å²) < 4.78 is 7.56. The lowest BCUT2D eigenvalue weighted by molar-refractivity contribution is 0.669. The van der Waals surface area contributed by atoms with Gasteiger partial charge in [0.2, 0.25) is 0 Å². The third kappa shape index (κ3) is 4.96. The average Bonchev–Trinajstić information content (AvgIpc) is 3.73. The maximum atomic E-state index is 6.44. The molecule has 0 unspecified atom stereocenters. The molecule has 0 aliphatic carbocycles. The molecular formula is C43H28N2OS. The molecule has 0 saturated heterocycles. The van der Waals surface area contributed by atoms with Gasteiger partial charge in [-0.15, -0.1) is 11.3 Å². The summed E-state index contributed by atoms with van der Waals surface area (Å²) in [6, 6.07) is 59.8. The van der Waals surface area contributed by atoms with Crippen LogP contribution in [0.1, 0.15) is 0 Å². The fourth-order valence-electron chi connectivity index (χ4n) is 6.42. The zero-order valence-electron chi connectivity index (χ0n) is 25.4. The maximum absolute atomic E-state index is 6.44. The predicted molar refractivity (Wildman–Crippen MR) is 198 cm³/mol. The largest absolute Gasteiger partial charge is 0.456 e. The van der Waals surface area contributed by atoms with Crippen LogP contribution < -0.4 is 4.90 Å². The van der Waals surface area contributed by atoms with Crippen molar-refractivity contribution in [2.75, 3.05) is 4.90 Å². The summed E-state index contributed by atoms with van der Waals surface area (Å²) >= 11 is 1.70. The van der Waals surface area contributed by atoms with Gasteiger partial charge >= 0.3 is 0 Å². The van der Waals surface area contributed by atoms with Gasteiger partial charge in [0.25, 0.3) is 0 Å². The van der Waals surface area contributed by atoms with E-state index in [-0.39, 0.29) is 0 Å². The van der Waals surface area contributed by atoms with Crippen molar-refractivity contribution in [3.05, 3.63) is 170 Å². The average molecular weight is 621 g/mol. The minimum atomic E-state index is 0.861. The van der Waals surface area contributed by atoms with Gasteiger partial charge in [0.1, 0.15) is 16.2 Å². The van der Waals surface area contributed by atoms with E-state index < -0.39 is 0 Å². The summed E-state index contributed by atoms with van der Waals surface area (Å²) in [7, 11) is 0. The minimum absolute atomic E-state index is 0.861. The quantitative estimate of drug-likeness (QED) is 0.185. The summed E-state index contributed by atoms with van der Waals surface area (Å²) in [6.07, 6.45) is 0. The number of nitrogens with zero attached hydrogens (tertiary/aromatic N) is 2. The predicted octanol–water partition coefficient (Wildman–Crippen LogP) is 12.7. The Labute approximate surface area is 276 Å². The molecule has 0 radical (unpaired) electrons. The molecule has 47 heavy (non-hydrogen) atoms. The molecule has 0 aliphatic heterocycles. The van der Waals surface area contributed by atoms with E-state index in [1.165, 1.54) is 16.7 Å². The number of hydrogen-bond acceptors (Lipinski definition) is 4. The molecule has 3 nitrogen and oxygen atoms in total. The van der Waals surface area contributed by atoms with Gasteiger partial charge in [-0.3, -0.25) is 0 Å². The molecule has 222 valence electrons. The Kier molecular flexibility index (Phi) is 6.65. The summed E-state index contributed by atoms with van der Waals surface area (Å²) in [5.41, 5.74) is 11.8. The Morgan fingerprint density at radius 3 is 1.81 bits per heavy atom. The number of hydrogen-bond donors (Lipinski definition) is 0. The normalized spacial score (nSPS) is 11.4. The monoisotopic (exact) mass is 620 g/mol. The molecule has 2 heterocycles. The molecule has 0 fully saturated rings. The van der Waals surface area contributed by atoms with E-state index in [2.05, 4.69) is 169 Å². The molecule has 0 atom stereocenters. The van der Waals surface area contributed by atoms with Crippen molar-refractivity contribution >= 4 is 60.6 Å². The lowest BCUT2D eigenvalue weighted by atomic mass is 10.0. The number of para-hydroxylation sites is 1. The molecule has 0 saturated carbocycles. The number of anilines is 3. The first-order valence-electron chi connectivity index (χ1n) is 15.7. The van der Waals surface area contributed by atoms with E-state index in [1.807, 2.05) is 6.07 Å². The Balaban J connectivity index is 1.21. The molecule has 7 aromatic carbocycles. The minimum Gasteiger partial charge on any atom is -0.456 e. The summed E-state index contributed by atoms with van der Waals surface area (Å²) in [6.45, 7) is 0. The van der Waals surface area contributed by atoms with Crippen molar-refractivity contribution in [3.8, 4) is 32.8 Å².